The number of rotatable bonds is 5. The zero-order valence-corrected chi connectivity index (χ0v) is 20.4. The number of nitrogens with one attached hydrogen (secondary N) is 1. The maximum absolute atomic E-state index is 5.69. The molecule has 8 heteroatoms. The molecule has 4 heterocycles. The molecule has 0 aliphatic carbocycles. The molecule has 1 N–H and O–H groups in total. The monoisotopic (exact) mass is 521 g/mol. The van der Waals surface area contributed by atoms with Gasteiger partial charge in [-0.25, -0.2) is 0 Å². The molecule has 0 aromatic rings. The molecular weight excluding hydrogens is 481 g/mol. The number of aliphatic imine (C=N–C) groups is 1. The van der Waals surface area contributed by atoms with E-state index in [1.165, 1.54) is 38.9 Å². The van der Waals surface area contributed by atoms with Crippen molar-refractivity contribution < 1.29 is 9.47 Å². The van der Waals surface area contributed by atoms with Crippen LogP contribution in [0.5, 0.6) is 0 Å². The van der Waals surface area contributed by atoms with Gasteiger partial charge in [0.1, 0.15) is 0 Å². The molecule has 0 radical (unpaired) electrons. The van der Waals surface area contributed by atoms with Gasteiger partial charge in [0.25, 0.3) is 0 Å². The molecule has 4 saturated heterocycles. The topological polar surface area (TPSA) is 52.6 Å². The van der Waals surface area contributed by atoms with Crippen LogP contribution in [0.3, 0.4) is 0 Å². The number of nitrogens with zero attached hydrogens (tertiary/aromatic N) is 4. The summed E-state index contributed by atoms with van der Waals surface area (Å²) >= 11 is 0. The van der Waals surface area contributed by atoms with Gasteiger partial charge in [-0.15, -0.1) is 24.0 Å². The molecule has 0 amide bonds. The number of guanidine groups is 1. The molecule has 0 aromatic carbocycles. The van der Waals surface area contributed by atoms with E-state index in [0.29, 0.717) is 0 Å². The van der Waals surface area contributed by atoms with Gasteiger partial charge < -0.3 is 19.7 Å². The van der Waals surface area contributed by atoms with Crippen LogP contribution < -0.4 is 5.32 Å². The molecule has 1 unspecified atom stereocenters. The molecule has 0 saturated carbocycles. The fourth-order valence-corrected chi connectivity index (χ4v) is 5.36. The normalized spacial score (nSPS) is 29.1. The van der Waals surface area contributed by atoms with Crippen LogP contribution in [-0.2, 0) is 9.47 Å². The number of ether oxygens (including phenoxy) is 2. The minimum Gasteiger partial charge on any atom is -0.381 e. The van der Waals surface area contributed by atoms with Crippen molar-refractivity contribution >= 4 is 29.9 Å². The van der Waals surface area contributed by atoms with Crippen molar-refractivity contribution in [2.45, 2.75) is 37.6 Å². The molecule has 1 atom stereocenters. The maximum atomic E-state index is 5.69. The number of likely N-dealkylation sites (tertiary alicyclic amines) is 1. The lowest BCUT2D eigenvalue weighted by Crippen LogP contribution is -2.60. The van der Waals surface area contributed by atoms with Crippen molar-refractivity contribution in [2.24, 2.45) is 10.9 Å². The quantitative estimate of drug-likeness (QED) is 0.336. The maximum Gasteiger partial charge on any atom is 0.193 e. The van der Waals surface area contributed by atoms with E-state index in [9.17, 15) is 0 Å². The highest BCUT2D eigenvalue weighted by Crippen LogP contribution is 2.30. The number of piperazine rings is 1. The first kappa shape index (κ1) is 23.5. The van der Waals surface area contributed by atoms with E-state index in [4.69, 9.17) is 9.47 Å². The van der Waals surface area contributed by atoms with Gasteiger partial charge in [0.15, 0.2) is 5.96 Å². The molecule has 29 heavy (non-hydrogen) atoms. The Balaban J connectivity index is 0.00000240. The lowest BCUT2D eigenvalue weighted by molar-refractivity contribution is -0.0167. The first-order valence-electron chi connectivity index (χ1n) is 11.4. The van der Waals surface area contributed by atoms with Gasteiger partial charge in [0, 0.05) is 71.7 Å². The lowest BCUT2D eigenvalue weighted by Gasteiger charge is -2.45. The summed E-state index contributed by atoms with van der Waals surface area (Å²) in [6, 6.07) is 0. The Kier molecular flexibility index (Phi) is 9.28. The summed E-state index contributed by atoms with van der Waals surface area (Å²) in [4.78, 5) is 12.4. The van der Waals surface area contributed by atoms with Crippen molar-refractivity contribution in [1.29, 1.82) is 0 Å². The van der Waals surface area contributed by atoms with Gasteiger partial charge in [-0.2, -0.15) is 0 Å². The summed E-state index contributed by atoms with van der Waals surface area (Å²) in [5, 5.41) is 3.75. The van der Waals surface area contributed by atoms with Crippen LogP contribution in [0.25, 0.3) is 0 Å². The van der Waals surface area contributed by atoms with Gasteiger partial charge in [-0.05, 0) is 51.1 Å². The van der Waals surface area contributed by atoms with E-state index in [-0.39, 0.29) is 29.5 Å². The molecule has 0 bridgehead atoms. The van der Waals surface area contributed by atoms with E-state index >= 15 is 0 Å². The highest BCUT2D eigenvalue weighted by molar-refractivity contribution is 14.0. The molecule has 4 rings (SSSR count). The Morgan fingerprint density at radius 2 is 1.72 bits per heavy atom. The Bertz CT molecular complexity index is 509. The fourth-order valence-electron chi connectivity index (χ4n) is 5.36. The Morgan fingerprint density at radius 1 is 1.00 bits per heavy atom. The second-order valence-corrected chi connectivity index (χ2v) is 8.95. The fraction of sp³-hybridized carbons (Fsp3) is 0.952. The minimum absolute atomic E-state index is 0. The standard InChI is InChI=1S/C21H39N5O2.HI/c1-22-20(25-11-9-24(10-12-25)16-19-4-13-28-17-19)23-18-21(5-14-27-15-6-21)26-7-2-3-8-26;/h19H,2-18H2,1H3,(H,22,23);1H. The SMILES string of the molecule is CN=C(NCC1(N2CCCC2)CCOCC1)N1CCN(CC2CCOC2)CC1.I. The third kappa shape index (κ3) is 5.96. The van der Waals surface area contributed by atoms with Gasteiger partial charge in [0.05, 0.1) is 6.61 Å². The van der Waals surface area contributed by atoms with Crippen molar-refractivity contribution in [3.63, 3.8) is 0 Å². The Morgan fingerprint density at radius 3 is 2.34 bits per heavy atom. The number of hydrogen-bond donors (Lipinski definition) is 1. The zero-order valence-electron chi connectivity index (χ0n) is 18.1. The van der Waals surface area contributed by atoms with Crippen molar-refractivity contribution in [2.75, 3.05) is 85.8 Å². The predicted molar refractivity (Wildman–Crippen MR) is 127 cm³/mol. The smallest absolute Gasteiger partial charge is 0.193 e. The van der Waals surface area contributed by atoms with Crippen LogP contribution in [0, 0.1) is 5.92 Å². The van der Waals surface area contributed by atoms with Crippen LogP contribution in [0.4, 0.5) is 0 Å². The van der Waals surface area contributed by atoms with E-state index in [2.05, 4.69) is 25.0 Å². The van der Waals surface area contributed by atoms with Gasteiger partial charge in [-0.1, -0.05) is 0 Å². The second kappa shape index (κ2) is 11.5. The third-order valence-electron chi connectivity index (χ3n) is 7.20. The third-order valence-corrected chi connectivity index (χ3v) is 7.20. The van der Waals surface area contributed by atoms with Crippen LogP contribution in [0.15, 0.2) is 4.99 Å². The van der Waals surface area contributed by atoms with Crippen LogP contribution in [-0.4, -0.2) is 112 Å². The summed E-state index contributed by atoms with van der Waals surface area (Å²) in [7, 11) is 1.93. The van der Waals surface area contributed by atoms with Gasteiger partial charge >= 0.3 is 0 Å². The van der Waals surface area contributed by atoms with Crippen LogP contribution in [0.2, 0.25) is 0 Å². The van der Waals surface area contributed by atoms with E-state index in [1.54, 1.807) is 0 Å². The van der Waals surface area contributed by atoms with E-state index in [1.807, 2.05) is 7.05 Å². The number of halogens is 1. The first-order valence-corrected chi connectivity index (χ1v) is 11.4. The zero-order chi connectivity index (χ0) is 19.2. The van der Waals surface area contributed by atoms with Gasteiger partial charge in [0.2, 0.25) is 0 Å². The lowest BCUT2D eigenvalue weighted by atomic mass is 9.88. The molecule has 4 fully saturated rings. The average Bonchev–Trinajstić information content (AvgIpc) is 3.45. The van der Waals surface area contributed by atoms with E-state index in [0.717, 1.165) is 83.9 Å². The van der Waals surface area contributed by atoms with Crippen LogP contribution in [0.1, 0.15) is 32.1 Å². The Labute approximate surface area is 193 Å². The summed E-state index contributed by atoms with van der Waals surface area (Å²) in [5.74, 6) is 1.81. The highest BCUT2D eigenvalue weighted by atomic mass is 127. The van der Waals surface area contributed by atoms with Gasteiger partial charge in [-0.3, -0.25) is 14.8 Å². The minimum atomic E-state index is 0. The summed E-state index contributed by atoms with van der Waals surface area (Å²) in [5.41, 5.74) is 0.245. The Hall–Kier alpha value is -0.160. The summed E-state index contributed by atoms with van der Waals surface area (Å²) in [6.07, 6.45) is 6.17. The van der Waals surface area contributed by atoms with Crippen molar-refractivity contribution in [1.82, 2.24) is 20.0 Å². The summed E-state index contributed by atoms with van der Waals surface area (Å²) < 4.78 is 11.2. The second-order valence-electron chi connectivity index (χ2n) is 8.95. The highest BCUT2D eigenvalue weighted by Gasteiger charge is 2.40. The first-order chi connectivity index (χ1) is 13.8. The average molecular weight is 521 g/mol. The molecule has 7 nitrogen and oxygen atoms in total. The summed E-state index contributed by atoms with van der Waals surface area (Å²) in [6.45, 7) is 12.7. The molecular formula is C21H40IN5O2. The largest absolute Gasteiger partial charge is 0.381 e. The van der Waals surface area contributed by atoms with Crippen molar-refractivity contribution in [3.8, 4) is 0 Å². The van der Waals surface area contributed by atoms with E-state index < -0.39 is 0 Å². The molecule has 4 aliphatic rings. The molecule has 4 aliphatic heterocycles. The molecule has 0 spiro atoms. The molecule has 0 aromatic heterocycles. The molecule has 168 valence electrons. The van der Waals surface area contributed by atoms with Crippen molar-refractivity contribution in [3.05, 3.63) is 0 Å². The number of hydrogen-bond acceptors (Lipinski definition) is 5. The predicted octanol–water partition coefficient (Wildman–Crippen LogP) is 1.48. The van der Waals surface area contributed by atoms with Crippen LogP contribution >= 0.6 is 24.0 Å².